The lowest BCUT2D eigenvalue weighted by Crippen LogP contribution is -2.34. The van der Waals surface area contributed by atoms with E-state index in [1.54, 1.807) is 6.20 Å². The van der Waals surface area contributed by atoms with Crippen LogP contribution in [0.25, 0.3) is 11.3 Å². The van der Waals surface area contributed by atoms with E-state index >= 15 is 0 Å². The number of hydrogen-bond acceptors (Lipinski definition) is 6. The molecule has 8 heteroatoms. The molecule has 0 radical (unpaired) electrons. The molecule has 0 bridgehead atoms. The number of nitrogens with zero attached hydrogens (tertiary/aromatic N) is 8. The van der Waals surface area contributed by atoms with Gasteiger partial charge in [0.1, 0.15) is 5.82 Å². The molecule has 0 saturated carbocycles. The first kappa shape index (κ1) is 17.1. The third-order valence-corrected chi connectivity index (χ3v) is 5.48. The zero-order valence-corrected chi connectivity index (χ0v) is 16.4. The Morgan fingerprint density at radius 1 is 0.929 bits per heavy atom. The van der Waals surface area contributed by atoms with Gasteiger partial charge < -0.3 is 4.90 Å². The van der Waals surface area contributed by atoms with Gasteiger partial charge in [0.25, 0.3) is 0 Å². The predicted molar refractivity (Wildman–Crippen MR) is 107 cm³/mol. The molecule has 1 aliphatic heterocycles. The summed E-state index contributed by atoms with van der Waals surface area (Å²) in [7, 11) is 0. The Kier molecular flexibility index (Phi) is 3.82. The fourth-order valence-electron chi connectivity index (χ4n) is 3.80. The maximum atomic E-state index is 4.84. The average molecular weight is 376 g/mol. The van der Waals surface area contributed by atoms with E-state index in [9.17, 15) is 0 Å². The molecule has 0 amide bonds. The van der Waals surface area contributed by atoms with Crippen molar-refractivity contribution in [2.24, 2.45) is 0 Å². The molecular weight excluding hydrogens is 352 g/mol. The van der Waals surface area contributed by atoms with Gasteiger partial charge in [-0.3, -0.25) is 0 Å². The Morgan fingerprint density at radius 3 is 2.50 bits per heavy atom. The summed E-state index contributed by atoms with van der Waals surface area (Å²) in [5, 5.41) is 18.3. The van der Waals surface area contributed by atoms with Gasteiger partial charge in [-0.05, 0) is 37.1 Å². The average Bonchev–Trinajstić information content (AvgIpc) is 3.33. The van der Waals surface area contributed by atoms with Crippen molar-refractivity contribution in [2.45, 2.75) is 44.9 Å². The van der Waals surface area contributed by atoms with Gasteiger partial charge in [-0.25, -0.2) is 9.50 Å². The Bertz CT molecular complexity index is 1130. The van der Waals surface area contributed by atoms with Crippen LogP contribution in [0.3, 0.4) is 0 Å². The van der Waals surface area contributed by atoms with Crippen LogP contribution < -0.4 is 4.90 Å². The number of anilines is 1. The van der Waals surface area contributed by atoms with Gasteiger partial charge in [0.05, 0.1) is 5.69 Å². The fraction of sp³-hybridized carbons (Fsp3) is 0.450. The minimum atomic E-state index is -0.00324. The van der Waals surface area contributed by atoms with Crippen molar-refractivity contribution in [3.05, 3.63) is 48.2 Å². The molecule has 144 valence electrons. The second-order valence-corrected chi connectivity index (χ2v) is 8.48. The molecule has 0 atom stereocenters. The highest BCUT2D eigenvalue weighted by Gasteiger charge is 2.27. The number of piperidine rings is 1. The minimum Gasteiger partial charge on any atom is -0.355 e. The van der Waals surface area contributed by atoms with E-state index in [0.29, 0.717) is 5.92 Å². The second kappa shape index (κ2) is 6.25. The second-order valence-electron chi connectivity index (χ2n) is 8.48. The summed E-state index contributed by atoms with van der Waals surface area (Å²) in [6, 6.07) is 8.13. The molecule has 5 heterocycles. The van der Waals surface area contributed by atoms with Crippen molar-refractivity contribution < 1.29 is 0 Å². The van der Waals surface area contributed by atoms with Crippen molar-refractivity contribution in [1.29, 1.82) is 0 Å². The molecule has 0 spiro atoms. The first-order valence-electron chi connectivity index (χ1n) is 9.77. The Hall–Kier alpha value is -3.03. The maximum absolute atomic E-state index is 4.84. The summed E-state index contributed by atoms with van der Waals surface area (Å²) in [4.78, 5) is 6.59. The number of aromatic nitrogens is 7. The largest absolute Gasteiger partial charge is 0.355 e. The molecule has 28 heavy (non-hydrogen) atoms. The van der Waals surface area contributed by atoms with Crippen LogP contribution in [0.1, 0.15) is 51.0 Å². The van der Waals surface area contributed by atoms with Crippen LogP contribution >= 0.6 is 0 Å². The van der Waals surface area contributed by atoms with Gasteiger partial charge in [-0.2, -0.15) is 9.61 Å². The SMILES string of the molecule is CC(C)(C)c1ccc2nnc(C3CCN(c4ccc5nccn5n4)CC3)n2n1. The van der Waals surface area contributed by atoms with Crippen LogP contribution in [0.4, 0.5) is 5.82 Å². The standard InChI is InChI=1S/C20H24N8/c1-20(2,3)15-4-5-17-22-23-19(28(17)24-15)14-8-11-26(12-9-14)18-7-6-16-21-10-13-27(16)25-18/h4-7,10,13-14H,8-9,11-12H2,1-3H3. The lowest BCUT2D eigenvalue weighted by molar-refractivity contribution is 0.469. The van der Waals surface area contributed by atoms with E-state index in [1.807, 2.05) is 39.5 Å². The lowest BCUT2D eigenvalue weighted by Gasteiger charge is -2.31. The molecule has 1 fully saturated rings. The van der Waals surface area contributed by atoms with Crippen LogP contribution in [0.5, 0.6) is 0 Å². The summed E-state index contributed by atoms with van der Waals surface area (Å²) in [5.41, 5.74) is 2.74. The van der Waals surface area contributed by atoms with Crippen LogP contribution in [0.2, 0.25) is 0 Å². The summed E-state index contributed by atoms with van der Waals surface area (Å²) in [6.07, 6.45) is 5.66. The molecule has 1 aliphatic rings. The first-order chi connectivity index (χ1) is 13.5. The van der Waals surface area contributed by atoms with Crippen LogP contribution in [-0.4, -0.2) is 47.5 Å². The van der Waals surface area contributed by atoms with Crippen molar-refractivity contribution in [3.63, 3.8) is 0 Å². The van der Waals surface area contributed by atoms with Gasteiger partial charge in [-0.1, -0.05) is 20.8 Å². The zero-order valence-electron chi connectivity index (χ0n) is 16.4. The molecule has 0 unspecified atom stereocenters. The molecule has 8 nitrogen and oxygen atoms in total. The summed E-state index contributed by atoms with van der Waals surface area (Å²) in [5.74, 6) is 2.31. The van der Waals surface area contributed by atoms with Crippen molar-refractivity contribution in [1.82, 2.24) is 34.4 Å². The van der Waals surface area contributed by atoms with E-state index in [1.165, 1.54) is 0 Å². The molecular formula is C20H24N8. The molecule has 0 aromatic carbocycles. The Morgan fingerprint density at radius 2 is 1.71 bits per heavy atom. The Balaban J connectivity index is 1.37. The number of rotatable bonds is 2. The highest BCUT2D eigenvalue weighted by atomic mass is 15.4. The summed E-state index contributed by atoms with van der Waals surface area (Å²) < 4.78 is 3.77. The van der Waals surface area contributed by atoms with Crippen LogP contribution in [0, 0.1) is 0 Å². The molecule has 5 rings (SSSR count). The highest BCUT2D eigenvalue weighted by molar-refractivity contribution is 5.46. The minimum absolute atomic E-state index is 0.00324. The van der Waals surface area contributed by atoms with Gasteiger partial charge in [-0.15, -0.1) is 15.3 Å². The smallest absolute Gasteiger partial charge is 0.177 e. The number of imidazole rings is 1. The number of hydrogen-bond donors (Lipinski definition) is 0. The molecule has 4 aromatic rings. The molecule has 0 aliphatic carbocycles. The van der Waals surface area contributed by atoms with Crippen molar-refractivity contribution in [2.75, 3.05) is 18.0 Å². The van der Waals surface area contributed by atoms with E-state index in [-0.39, 0.29) is 5.41 Å². The molecule has 0 N–H and O–H groups in total. The Labute approximate surface area is 163 Å². The van der Waals surface area contributed by atoms with Crippen LogP contribution in [-0.2, 0) is 5.41 Å². The summed E-state index contributed by atoms with van der Waals surface area (Å²) >= 11 is 0. The van der Waals surface area contributed by atoms with Gasteiger partial charge in [0.15, 0.2) is 17.1 Å². The topological polar surface area (TPSA) is 76.5 Å². The van der Waals surface area contributed by atoms with Crippen molar-refractivity contribution in [3.8, 4) is 0 Å². The normalized spacial score (nSPS) is 16.3. The zero-order chi connectivity index (χ0) is 19.3. The van der Waals surface area contributed by atoms with Gasteiger partial charge in [0.2, 0.25) is 0 Å². The first-order valence-corrected chi connectivity index (χ1v) is 9.77. The highest BCUT2D eigenvalue weighted by Crippen LogP contribution is 2.29. The van der Waals surface area contributed by atoms with Gasteiger partial charge >= 0.3 is 0 Å². The third kappa shape index (κ3) is 2.89. The fourth-order valence-corrected chi connectivity index (χ4v) is 3.80. The van der Waals surface area contributed by atoms with Crippen molar-refractivity contribution >= 4 is 17.1 Å². The maximum Gasteiger partial charge on any atom is 0.177 e. The van der Waals surface area contributed by atoms with E-state index in [2.05, 4.69) is 46.0 Å². The van der Waals surface area contributed by atoms with Gasteiger partial charge in [0, 0.05) is 36.8 Å². The monoisotopic (exact) mass is 376 g/mol. The summed E-state index contributed by atoms with van der Waals surface area (Å²) in [6.45, 7) is 8.40. The number of fused-ring (bicyclic) bond motifs is 2. The molecule has 4 aromatic heterocycles. The van der Waals surface area contributed by atoms with E-state index in [4.69, 9.17) is 5.10 Å². The third-order valence-electron chi connectivity index (χ3n) is 5.48. The predicted octanol–water partition coefficient (Wildman–Crippen LogP) is 2.85. The van der Waals surface area contributed by atoms with Crippen LogP contribution in [0.15, 0.2) is 36.7 Å². The molecule has 1 saturated heterocycles. The van der Waals surface area contributed by atoms with E-state index < -0.39 is 0 Å². The van der Waals surface area contributed by atoms with E-state index in [0.717, 1.165) is 54.6 Å². The quantitative estimate of drug-likeness (QED) is 0.535. The lowest BCUT2D eigenvalue weighted by atomic mass is 9.92.